The van der Waals surface area contributed by atoms with Crippen LogP contribution in [0, 0.1) is 16.7 Å². The van der Waals surface area contributed by atoms with E-state index in [0.29, 0.717) is 22.6 Å². The molecule has 24 heavy (non-hydrogen) atoms. The Hall–Kier alpha value is -1.64. The van der Waals surface area contributed by atoms with E-state index in [1.54, 1.807) is 0 Å². The molecule has 0 saturated heterocycles. The van der Waals surface area contributed by atoms with Crippen molar-refractivity contribution in [2.75, 3.05) is 6.26 Å². The molecule has 0 fully saturated rings. The van der Waals surface area contributed by atoms with Gasteiger partial charge < -0.3 is 0 Å². The highest BCUT2D eigenvalue weighted by Gasteiger charge is 2.35. The van der Waals surface area contributed by atoms with E-state index in [4.69, 9.17) is 0 Å². The number of pyridine rings is 1. The highest BCUT2D eigenvalue weighted by Crippen LogP contribution is 2.42. The minimum Gasteiger partial charge on any atom is -0.294 e. The van der Waals surface area contributed by atoms with Gasteiger partial charge in [-0.3, -0.25) is 4.79 Å². The van der Waals surface area contributed by atoms with Crippen LogP contribution in [0.3, 0.4) is 0 Å². The number of ketones is 1. The number of nitriles is 1. The number of carbonyl (C=O) groups is 1. The molecule has 0 N–H and O–H groups in total. The fourth-order valence-corrected chi connectivity index (χ4v) is 4.05. The maximum atomic E-state index is 12.9. The van der Waals surface area contributed by atoms with E-state index in [0.717, 1.165) is 27.7 Å². The summed E-state index contributed by atoms with van der Waals surface area (Å²) in [6.45, 7) is 4.18. The Morgan fingerprint density at radius 2 is 1.88 bits per heavy atom. The first-order valence-corrected chi connectivity index (χ1v) is 9.68. The molecule has 1 heterocycles. The molecule has 0 bridgehead atoms. The summed E-state index contributed by atoms with van der Waals surface area (Å²) in [4.78, 5) is 17.5. The van der Waals surface area contributed by atoms with Gasteiger partial charge in [-0.1, -0.05) is 41.9 Å². The van der Waals surface area contributed by atoms with Gasteiger partial charge in [-0.05, 0) is 35.8 Å². The molecule has 0 radical (unpaired) electrons. The SMILES string of the molecule is CSc1nc2c(c(-c3ccc(Br)cc3)c1C#N)C(=O)CC(C)(C)C2. The molecular weight excluding hydrogens is 384 g/mol. The molecule has 1 aromatic carbocycles. The van der Waals surface area contributed by atoms with Gasteiger partial charge in [0.1, 0.15) is 11.1 Å². The lowest BCUT2D eigenvalue weighted by atomic mass is 9.73. The fraction of sp³-hybridized carbons (Fsp3) is 0.316. The van der Waals surface area contributed by atoms with Crippen molar-refractivity contribution in [2.24, 2.45) is 5.41 Å². The van der Waals surface area contributed by atoms with Crippen molar-refractivity contribution in [3.8, 4) is 17.2 Å². The van der Waals surface area contributed by atoms with Gasteiger partial charge in [-0.25, -0.2) is 4.98 Å². The van der Waals surface area contributed by atoms with Crippen LogP contribution < -0.4 is 0 Å². The van der Waals surface area contributed by atoms with E-state index in [1.165, 1.54) is 11.8 Å². The van der Waals surface area contributed by atoms with Crippen LogP contribution in [0.2, 0.25) is 0 Å². The minimum absolute atomic E-state index is 0.0795. The third-order valence-electron chi connectivity index (χ3n) is 4.24. The number of fused-ring (bicyclic) bond motifs is 1. The lowest BCUT2D eigenvalue weighted by molar-refractivity contribution is 0.0910. The quantitative estimate of drug-likeness (QED) is 0.645. The van der Waals surface area contributed by atoms with E-state index >= 15 is 0 Å². The summed E-state index contributed by atoms with van der Waals surface area (Å²) in [5.41, 5.74) is 3.47. The van der Waals surface area contributed by atoms with E-state index in [-0.39, 0.29) is 11.2 Å². The Labute approximate surface area is 154 Å². The second-order valence-electron chi connectivity index (χ2n) is 6.75. The van der Waals surface area contributed by atoms with Gasteiger partial charge in [0.05, 0.1) is 11.3 Å². The summed E-state index contributed by atoms with van der Waals surface area (Å²) in [6, 6.07) is 10.0. The maximum absolute atomic E-state index is 12.9. The molecule has 0 saturated carbocycles. The number of halogens is 1. The van der Waals surface area contributed by atoms with Gasteiger partial charge in [0.2, 0.25) is 0 Å². The number of nitrogens with zero attached hydrogens (tertiary/aromatic N) is 2. The molecule has 0 atom stereocenters. The molecule has 1 aromatic heterocycles. The maximum Gasteiger partial charge on any atom is 0.165 e. The first kappa shape index (κ1) is 17.2. The van der Waals surface area contributed by atoms with Crippen LogP contribution in [0.5, 0.6) is 0 Å². The number of hydrogen-bond acceptors (Lipinski definition) is 4. The number of Topliss-reactive ketones (excluding diaryl/α,β-unsaturated/α-hetero) is 1. The summed E-state index contributed by atoms with van der Waals surface area (Å²) in [5.74, 6) is 0.0795. The predicted molar refractivity (Wildman–Crippen MR) is 100 cm³/mol. The summed E-state index contributed by atoms with van der Waals surface area (Å²) < 4.78 is 0.963. The van der Waals surface area contributed by atoms with Gasteiger partial charge >= 0.3 is 0 Å². The number of thioether (sulfide) groups is 1. The van der Waals surface area contributed by atoms with Gasteiger partial charge in [0.15, 0.2) is 5.78 Å². The lowest BCUT2D eigenvalue weighted by Crippen LogP contribution is -2.29. The predicted octanol–water partition coefficient (Wildman–Crippen LogP) is 5.26. The molecule has 0 aliphatic heterocycles. The van der Waals surface area contributed by atoms with Gasteiger partial charge in [0, 0.05) is 22.0 Å². The molecule has 1 aliphatic carbocycles. The van der Waals surface area contributed by atoms with Crippen molar-refractivity contribution >= 4 is 33.5 Å². The molecule has 1 aliphatic rings. The van der Waals surface area contributed by atoms with Crippen LogP contribution >= 0.6 is 27.7 Å². The number of aromatic nitrogens is 1. The second kappa shape index (κ2) is 6.34. The minimum atomic E-state index is -0.0993. The lowest BCUT2D eigenvalue weighted by Gasteiger charge is -2.31. The summed E-state index contributed by atoms with van der Waals surface area (Å²) in [6.07, 6.45) is 3.14. The highest BCUT2D eigenvalue weighted by atomic mass is 79.9. The van der Waals surface area contributed by atoms with Crippen molar-refractivity contribution in [1.82, 2.24) is 4.98 Å². The Morgan fingerprint density at radius 3 is 2.46 bits per heavy atom. The van der Waals surface area contributed by atoms with E-state index in [9.17, 15) is 10.1 Å². The molecule has 3 nitrogen and oxygen atoms in total. The number of hydrogen-bond donors (Lipinski definition) is 0. The molecule has 2 aromatic rings. The van der Waals surface area contributed by atoms with E-state index in [2.05, 4.69) is 40.8 Å². The number of carbonyl (C=O) groups excluding carboxylic acids is 1. The molecule has 0 unspecified atom stereocenters. The average molecular weight is 401 g/mol. The van der Waals surface area contributed by atoms with E-state index in [1.807, 2.05) is 30.5 Å². The van der Waals surface area contributed by atoms with Crippen LogP contribution in [-0.4, -0.2) is 17.0 Å². The van der Waals surface area contributed by atoms with Crippen LogP contribution in [0.25, 0.3) is 11.1 Å². The molecule has 3 rings (SSSR count). The molecule has 0 amide bonds. The van der Waals surface area contributed by atoms with Crippen LogP contribution in [0.4, 0.5) is 0 Å². The monoisotopic (exact) mass is 400 g/mol. The standard InChI is InChI=1S/C19H17BrN2OS/c1-19(2)8-14-17(15(23)9-19)16(11-4-6-12(20)7-5-11)13(10-21)18(22-14)24-3/h4-7H,8-9H2,1-3H3. The summed E-state index contributed by atoms with van der Waals surface area (Å²) in [5, 5.41) is 10.4. The first-order valence-electron chi connectivity index (χ1n) is 7.66. The Bertz CT molecular complexity index is 866. The molecule has 0 spiro atoms. The fourth-order valence-electron chi connectivity index (χ4n) is 3.23. The number of rotatable bonds is 2. The zero-order valence-corrected chi connectivity index (χ0v) is 16.2. The average Bonchev–Trinajstić information content (AvgIpc) is 2.52. The Morgan fingerprint density at radius 1 is 1.21 bits per heavy atom. The zero-order valence-electron chi connectivity index (χ0n) is 13.8. The Balaban J connectivity index is 2.36. The first-order chi connectivity index (χ1) is 11.4. The molecule has 5 heteroatoms. The number of benzene rings is 1. The summed E-state index contributed by atoms with van der Waals surface area (Å²) >= 11 is 4.89. The van der Waals surface area contributed by atoms with Crippen LogP contribution in [0.15, 0.2) is 33.8 Å². The third kappa shape index (κ3) is 3.01. The second-order valence-corrected chi connectivity index (χ2v) is 8.46. The molecule has 122 valence electrons. The third-order valence-corrected chi connectivity index (χ3v) is 5.45. The van der Waals surface area contributed by atoms with Crippen molar-refractivity contribution in [2.45, 2.75) is 31.7 Å². The van der Waals surface area contributed by atoms with Crippen molar-refractivity contribution in [3.63, 3.8) is 0 Å². The summed E-state index contributed by atoms with van der Waals surface area (Å²) in [7, 11) is 0. The molecular formula is C19H17BrN2OS. The zero-order chi connectivity index (χ0) is 17.5. The van der Waals surface area contributed by atoms with Crippen LogP contribution in [0.1, 0.15) is 41.9 Å². The topological polar surface area (TPSA) is 53.8 Å². The highest BCUT2D eigenvalue weighted by molar-refractivity contribution is 9.10. The van der Waals surface area contributed by atoms with Crippen LogP contribution in [-0.2, 0) is 6.42 Å². The van der Waals surface area contributed by atoms with Crippen molar-refractivity contribution in [3.05, 3.63) is 45.6 Å². The smallest absolute Gasteiger partial charge is 0.165 e. The van der Waals surface area contributed by atoms with Crippen molar-refractivity contribution in [1.29, 1.82) is 5.26 Å². The normalized spacial score (nSPS) is 15.7. The van der Waals surface area contributed by atoms with Crippen molar-refractivity contribution < 1.29 is 4.79 Å². The van der Waals surface area contributed by atoms with Gasteiger partial charge in [-0.2, -0.15) is 5.26 Å². The largest absolute Gasteiger partial charge is 0.294 e. The van der Waals surface area contributed by atoms with E-state index < -0.39 is 0 Å². The van der Waals surface area contributed by atoms with Gasteiger partial charge in [0.25, 0.3) is 0 Å². The Kier molecular flexibility index (Phi) is 4.54. The van der Waals surface area contributed by atoms with Gasteiger partial charge in [-0.15, -0.1) is 11.8 Å².